The third kappa shape index (κ3) is 3.09. The van der Waals surface area contributed by atoms with Crippen molar-refractivity contribution in [1.82, 2.24) is 0 Å². The summed E-state index contributed by atoms with van der Waals surface area (Å²) in [6.07, 6.45) is 0. The van der Waals surface area contributed by atoms with Crippen LogP contribution in [0, 0.1) is 0 Å². The van der Waals surface area contributed by atoms with Gasteiger partial charge in [-0.25, -0.2) is 0 Å². The van der Waals surface area contributed by atoms with Crippen molar-refractivity contribution in [2.75, 3.05) is 5.88 Å². The van der Waals surface area contributed by atoms with Crippen LogP contribution in [-0.2, 0) is 0 Å². The molecule has 0 unspecified atom stereocenters. The molecular weight excluding hydrogens is 178 g/mol. The molecule has 3 radical (unpaired) electrons. The van der Waals surface area contributed by atoms with Crippen molar-refractivity contribution in [2.45, 2.75) is 4.44 Å². The Bertz CT molecular complexity index is 8.00. The molecule has 0 atom stereocenters. The molecule has 0 bridgehead atoms. The zero-order valence-electron chi connectivity index (χ0n) is 2.29. The normalized spacial score (nSPS) is 7.50. The summed E-state index contributed by atoms with van der Waals surface area (Å²) in [4.78, 5) is 0. The average molecular weight is 182 g/mol. The fourth-order valence-electron chi connectivity index (χ4n) is 0. The molecule has 0 aliphatic carbocycles. The molecule has 0 heterocycles. The van der Waals surface area contributed by atoms with E-state index in [2.05, 4.69) is 0 Å². The Kier molecular flexibility index (Phi) is 5.20. The van der Waals surface area contributed by atoms with Crippen LogP contribution in [-0.4, -0.2) is 28.4 Å². The van der Waals surface area contributed by atoms with E-state index in [0.29, 0.717) is 0 Å². The molecule has 0 fully saturated rings. The molecule has 0 nitrogen and oxygen atoms in total. The van der Waals surface area contributed by atoms with Crippen LogP contribution in [0.25, 0.3) is 0 Å². The molecule has 23 valence electrons. The van der Waals surface area contributed by atoms with Crippen molar-refractivity contribution < 1.29 is 0 Å². The third-order valence-corrected chi connectivity index (χ3v) is 1.90. The van der Waals surface area contributed by atoms with Gasteiger partial charge in [-0.05, 0) is 0 Å². The molecule has 0 aliphatic rings. The van der Waals surface area contributed by atoms with Crippen molar-refractivity contribution >= 4 is 34.1 Å². The second-order valence-corrected chi connectivity index (χ2v) is 2.24. The van der Waals surface area contributed by atoms with E-state index in [9.17, 15) is 0 Å². The molecule has 0 aliphatic heterocycles. The summed E-state index contributed by atoms with van der Waals surface area (Å²) in [5.41, 5.74) is 0. The minimum absolute atomic E-state index is 0.832. The summed E-state index contributed by atoms with van der Waals surface area (Å²) < 4.78 is 1.17. The van der Waals surface area contributed by atoms with Crippen molar-refractivity contribution in [2.24, 2.45) is 0 Å². The maximum atomic E-state index is 5.21. The van der Waals surface area contributed by atoms with Gasteiger partial charge in [0.2, 0.25) is 0 Å². The third-order valence-electron chi connectivity index (χ3n) is 0.0945. The Hall–Kier alpha value is 1.09. The average Bonchev–Trinajstić information content (AvgIpc) is 1.37. The molecule has 0 aromatic carbocycles. The van der Waals surface area contributed by atoms with E-state index in [-0.39, 0.29) is 0 Å². The fourth-order valence-corrected chi connectivity index (χ4v) is 0. The number of hydrogen-bond donors (Lipinski definition) is 0. The van der Waals surface area contributed by atoms with Crippen LogP contribution in [0.1, 0.15) is 0 Å². The predicted molar refractivity (Wildman–Crippen MR) is 21.3 cm³/mol. The fraction of sp³-hybridized carbons (Fsp3) is 1.00. The monoisotopic (exact) mass is 183 g/mol. The molecule has 4 heavy (non-hydrogen) atoms. The van der Waals surface area contributed by atoms with Gasteiger partial charge in [-0.15, -0.1) is 0 Å². The van der Waals surface area contributed by atoms with Crippen molar-refractivity contribution in [3.63, 3.8) is 0 Å². The Morgan fingerprint density at radius 1 is 1.75 bits per heavy atom. The topological polar surface area (TPSA) is 0 Å². The molecule has 0 amide bonds. The second-order valence-electron chi connectivity index (χ2n) is 0.439. The van der Waals surface area contributed by atoms with Gasteiger partial charge in [0.1, 0.15) is 0 Å². The zero-order valence-corrected chi connectivity index (χ0v) is 5.90. The summed E-state index contributed by atoms with van der Waals surface area (Å²) >= 11 is 6.74. The Balaban J connectivity index is 1.97. The van der Waals surface area contributed by atoms with Gasteiger partial charge in [0.05, 0.1) is 0 Å². The van der Waals surface area contributed by atoms with E-state index >= 15 is 0 Å². The van der Waals surface area contributed by atoms with Crippen molar-refractivity contribution in [1.29, 1.82) is 0 Å². The van der Waals surface area contributed by atoms with E-state index in [1.165, 1.54) is 27.0 Å². The Morgan fingerprint density at radius 3 is 2.00 bits per heavy atom. The zero-order chi connectivity index (χ0) is 3.41. The van der Waals surface area contributed by atoms with Crippen molar-refractivity contribution in [3.05, 3.63) is 0 Å². The summed E-state index contributed by atoms with van der Waals surface area (Å²) in [5, 5.41) is 0. The second kappa shape index (κ2) is 4.09. The first kappa shape index (κ1) is 5.09. The Morgan fingerprint density at radius 2 is 2.00 bits per heavy atom. The standard InChI is InChI=1S/C2H4Cl.Sn/c1-2-3;/h1-2H2;. The van der Waals surface area contributed by atoms with Crippen LogP contribution in [0.4, 0.5) is 0 Å². The minimum atomic E-state index is 0.832. The van der Waals surface area contributed by atoms with Crippen LogP contribution < -0.4 is 0 Å². The molecule has 0 rings (SSSR count). The molecule has 2 heteroatoms. The maximum absolute atomic E-state index is 5.21. The Labute approximate surface area is 44.6 Å². The number of halogens is 1. The van der Waals surface area contributed by atoms with Crippen LogP contribution in [0.5, 0.6) is 0 Å². The first-order valence-electron chi connectivity index (χ1n) is 1.12. The molecule has 0 N–H and O–H groups in total. The van der Waals surface area contributed by atoms with E-state index in [0.717, 1.165) is 5.88 Å². The van der Waals surface area contributed by atoms with E-state index in [4.69, 9.17) is 11.6 Å². The molecule has 0 aromatic rings. The molecule has 0 aromatic heterocycles. The van der Waals surface area contributed by atoms with E-state index < -0.39 is 0 Å². The first-order valence-corrected chi connectivity index (χ1v) is 3.67. The number of hydrogen-bond acceptors (Lipinski definition) is 0. The molecule has 0 spiro atoms. The summed E-state index contributed by atoms with van der Waals surface area (Å²) in [7, 11) is 0. The summed E-state index contributed by atoms with van der Waals surface area (Å²) in [6.45, 7) is 0. The van der Waals surface area contributed by atoms with Gasteiger partial charge in [0.15, 0.2) is 0 Å². The van der Waals surface area contributed by atoms with Gasteiger partial charge in [-0.3, -0.25) is 0 Å². The van der Waals surface area contributed by atoms with Gasteiger partial charge in [-0.2, -0.15) is 0 Å². The summed E-state index contributed by atoms with van der Waals surface area (Å²) in [5.74, 6) is 0.832. The van der Waals surface area contributed by atoms with Crippen LogP contribution in [0.3, 0.4) is 0 Å². The summed E-state index contributed by atoms with van der Waals surface area (Å²) in [6, 6.07) is 0. The van der Waals surface area contributed by atoms with Crippen molar-refractivity contribution in [3.8, 4) is 0 Å². The molecular formula is C2H4ClSn. The van der Waals surface area contributed by atoms with Crippen LogP contribution in [0.15, 0.2) is 0 Å². The number of rotatable bonds is 1. The van der Waals surface area contributed by atoms with Gasteiger partial charge >= 0.3 is 44.4 Å². The first-order chi connectivity index (χ1) is 1.91. The number of alkyl halides is 1. The predicted octanol–water partition coefficient (Wildman–Crippen LogP) is 0.812. The van der Waals surface area contributed by atoms with Gasteiger partial charge < -0.3 is 0 Å². The van der Waals surface area contributed by atoms with E-state index in [1.54, 1.807) is 0 Å². The SMILES string of the molecule is ClC[CH2][Sn]. The van der Waals surface area contributed by atoms with Gasteiger partial charge in [-0.1, -0.05) is 0 Å². The van der Waals surface area contributed by atoms with E-state index in [1.807, 2.05) is 0 Å². The molecule has 0 saturated heterocycles. The van der Waals surface area contributed by atoms with Gasteiger partial charge in [0, 0.05) is 0 Å². The quantitative estimate of drug-likeness (QED) is 0.416. The van der Waals surface area contributed by atoms with Crippen LogP contribution in [0.2, 0.25) is 4.44 Å². The molecule has 0 saturated carbocycles. The van der Waals surface area contributed by atoms with Crippen LogP contribution >= 0.6 is 11.6 Å². The van der Waals surface area contributed by atoms with Gasteiger partial charge in [0.25, 0.3) is 0 Å².